The van der Waals surface area contributed by atoms with Crippen LogP contribution in [0.1, 0.15) is 24.4 Å². The second kappa shape index (κ2) is 6.90. The molecule has 0 saturated heterocycles. The van der Waals surface area contributed by atoms with Crippen molar-refractivity contribution in [2.24, 2.45) is 0 Å². The van der Waals surface area contributed by atoms with Gasteiger partial charge in [0, 0.05) is 11.6 Å². The maximum absolute atomic E-state index is 13.7. The Balaban J connectivity index is 1.97. The van der Waals surface area contributed by atoms with E-state index in [2.05, 4.69) is 14.7 Å². The van der Waals surface area contributed by atoms with Crippen molar-refractivity contribution < 1.29 is 26.7 Å². The molecule has 0 atom stereocenters. The van der Waals surface area contributed by atoms with Gasteiger partial charge in [-0.3, -0.25) is 14.3 Å². The lowest BCUT2D eigenvalue weighted by atomic mass is 10.1. The number of pyridine rings is 1. The fourth-order valence-corrected chi connectivity index (χ4v) is 3.42. The van der Waals surface area contributed by atoms with Crippen molar-refractivity contribution in [1.29, 1.82) is 0 Å². The fraction of sp³-hybridized carbons (Fsp3) is 0.278. The Bertz CT molecular complexity index is 1200. The quantitative estimate of drug-likeness (QED) is 0.464. The molecule has 2 aromatic heterocycles. The van der Waals surface area contributed by atoms with Gasteiger partial charge in [0.25, 0.3) is 5.56 Å². The summed E-state index contributed by atoms with van der Waals surface area (Å²) in [6.07, 6.45) is -3.39. The molecule has 0 aliphatic heterocycles. The monoisotopic (exact) mass is 429 g/mol. The third-order valence-corrected chi connectivity index (χ3v) is 4.79. The van der Waals surface area contributed by atoms with Gasteiger partial charge in [0.15, 0.2) is 4.77 Å². The molecule has 0 radical (unpaired) electrons. The number of hydrogen-bond acceptors (Lipinski definition) is 4. The summed E-state index contributed by atoms with van der Waals surface area (Å²) in [6.45, 7) is -3.02. The molecule has 1 aliphatic carbocycles. The van der Waals surface area contributed by atoms with Crippen molar-refractivity contribution in [1.82, 2.24) is 14.5 Å². The molecule has 0 bridgehead atoms. The number of benzene rings is 1. The molecule has 0 spiro atoms. The van der Waals surface area contributed by atoms with Crippen LogP contribution in [0, 0.1) is 4.77 Å². The normalized spacial score (nSPS) is 14.6. The SMILES string of the molecule is O=c1[nH]c(=S)n(C2CC2)c2nc(-c3ccc(OC(F)F)cc3)cc(C(F)(F)F)c12. The topological polar surface area (TPSA) is 59.9 Å². The van der Waals surface area contributed by atoms with E-state index in [0.29, 0.717) is 12.8 Å². The number of aromatic amines is 1. The zero-order valence-corrected chi connectivity index (χ0v) is 15.3. The largest absolute Gasteiger partial charge is 0.435 e. The molecular formula is C18H12F5N3O2S. The maximum atomic E-state index is 13.7. The van der Waals surface area contributed by atoms with Crippen LogP contribution in [0.5, 0.6) is 5.75 Å². The van der Waals surface area contributed by atoms with Crippen LogP contribution in [0.2, 0.25) is 0 Å². The molecule has 152 valence electrons. The first kappa shape index (κ1) is 19.5. The van der Waals surface area contributed by atoms with Crippen molar-refractivity contribution >= 4 is 23.3 Å². The number of hydrogen-bond donors (Lipinski definition) is 1. The molecule has 0 unspecified atom stereocenters. The highest BCUT2D eigenvalue weighted by Crippen LogP contribution is 2.40. The number of ether oxygens (including phenoxy) is 1. The Kier molecular flexibility index (Phi) is 4.64. The van der Waals surface area contributed by atoms with Crippen LogP contribution >= 0.6 is 12.2 Å². The van der Waals surface area contributed by atoms with Crippen LogP contribution in [0.25, 0.3) is 22.3 Å². The van der Waals surface area contributed by atoms with Gasteiger partial charge < -0.3 is 4.74 Å². The minimum Gasteiger partial charge on any atom is -0.435 e. The van der Waals surface area contributed by atoms with Gasteiger partial charge in [0.05, 0.1) is 16.6 Å². The van der Waals surface area contributed by atoms with E-state index in [1.54, 1.807) is 0 Å². The van der Waals surface area contributed by atoms with Crippen LogP contribution in [-0.4, -0.2) is 21.1 Å². The van der Waals surface area contributed by atoms with Crippen molar-refractivity contribution in [2.75, 3.05) is 0 Å². The average Bonchev–Trinajstić information content (AvgIpc) is 3.45. The smallest absolute Gasteiger partial charge is 0.417 e. The Morgan fingerprint density at radius 1 is 1.21 bits per heavy atom. The minimum absolute atomic E-state index is 0.00320. The van der Waals surface area contributed by atoms with Gasteiger partial charge in [-0.05, 0) is 55.4 Å². The van der Waals surface area contributed by atoms with Gasteiger partial charge in [0.1, 0.15) is 11.4 Å². The molecule has 4 rings (SSSR count). The molecule has 5 nitrogen and oxygen atoms in total. The number of aromatic nitrogens is 3. The van der Waals surface area contributed by atoms with E-state index < -0.39 is 29.3 Å². The lowest BCUT2D eigenvalue weighted by molar-refractivity contribution is -0.136. The van der Waals surface area contributed by atoms with Gasteiger partial charge in [0.2, 0.25) is 0 Å². The summed E-state index contributed by atoms with van der Waals surface area (Å²) in [6, 6.07) is 5.66. The zero-order valence-electron chi connectivity index (χ0n) is 14.5. The van der Waals surface area contributed by atoms with Crippen molar-refractivity contribution in [3.63, 3.8) is 0 Å². The number of nitrogens with zero attached hydrogens (tertiary/aromatic N) is 2. The highest BCUT2D eigenvalue weighted by molar-refractivity contribution is 7.71. The lowest BCUT2D eigenvalue weighted by Gasteiger charge is -2.16. The summed E-state index contributed by atoms with van der Waals surface area (Å²) in [5.41, 5.74) is -2.08. The summed E-state index contributed by atoms with van der Waals surface area (Å²) in [7, 11) is 0. The molecule has 1 N–H and O–H groups in total. The minimum atomic E-state index is -4.81. The molecule has 1 fully saturated rings. The van der Waals surface area contributed by atoms with Crippen LogP contribution in [0.3, 0.4) is 0 Å². The molecule has 1 aliphatic rings. The number of H-pyrrole nitrogens is 1. The van der Waals surface area contributed by atoms with E-state index in [9.17, 15) is 26.7 Å². The molecule has 3 aromatic rings. The van der Waals surface area contributed by atoms with Gasteiger partial charge in [-0.2, -0.15) is 22.0 Å². The molecule has 2 heterocycles. The first-order chi connectivity index (χ1) is 13.6. The molecule has 0 amide bonds. The molecule has 1 saturated carbocycles. The van der Waals surface area contributed by atoms with E-state index >= 15 is 0 Å². The number of nitrogens with one attached hydrogen (secondary N) is 1. The standard InChI is InChI=1S/C18H12F5N3O2S/c19-16(20)28-10-5-1-8(2-6-10)12-7-11(18(21,22)23)13-14(24-12)26(9-3-4-9)17(29)25-15(13)27/h1-2,5-7,9,16H,3-4H2,(H,25,27,29). The van der Waals surface area contributed by atoms with Crippen molar-refractivity contribution in [3.8, 4) is 17.0 Å². The van der Waals surface area contributed by atoms with E-state index in [1.807, 2.05) is 0 Å². The Labute approximate surface area is 164 Å². The second-order valence-corrected chi connectivity index (χ2v) is 6.90. The second-order valence-electron chi connectivity index (χ2n) is 6.51. The van der Waals surface area contributed by atoms with Crippen LogP contribution in [0.15, 0.2) is 35.1 Å². The first-order valence-corrected chi connectivity index (χ1v) is 8.88. The summed E-state index contributed by atoms with van der Waals surface area (Å²) in [5, 5.41) is -0.584. The summed E-state index contributed by atoms with van der Waals surface area (Å²) in [4.78, 5) is 18.9. The van der Waals surface area contributed by atoms with E-state index in [4.69, 9.17) is 12.2 Å². The molecule has 29 heavy (non-hydrogen) atoms. The van der Waals surface area contributed by atoms with E-state index in [-0.39, 0.29) is 33.5 Å². The van der Waals surface area contributed by atoms with E-state index in [0.717, 1.165) is 6.07 Å². The Hall–Kier alpha value is -2.82. The Morgan fingerprint density at radius 2 is 1.86 bits per heavy atom. The summed E-state index contributed by atoms with van der Waals surface area (Å²) < 4.78 is 71.5. The third-order valence-electron chi connectivity index (χ3n) is 4.49. The molecule has 1 aromatic carbocycles. The fourth-order valence-electron chi connectivity index (χ4n) is 3.10. The number of fused-ring (bicyclic) bond motifs is 1. The molecular weight excluding hydrogens is 417 g/mol. The number of rotatable bonds is 4. The van der Waals surface area contributed by atoms with Crippen LogP contribution < -0.4 is 10.3 Å². The van der Waals surface area contributed by atoms with Gasteiger partial charge in [-0.25, -0.2) is 4.98 Å². The Morgan fingerprint density at radius 3 is 2.41 bits per heavy atom. The van der Waals surface area contributed by atoms with Crippen molar-refractivity contribution in [2.45, 2.75) is 31.7 Å². The van der Waals surface area contributed by atoms with E-state index in [1.165, 1.54) is 28.8 Å². The maximum Gasteiger partial charge on any atom is 0.417 e. The lowest BCUT2D eigenvalue weighted by Crippen LogP contribution is -2.20. The predicted molar refractivity (Wildman–Crippen MR) is 96.5 cm³/mol. The zero-order chi connectivity index (χ0) is 20.9. The summed E-state index contributed by atoms with van der Waals surface area (Å²) >= 11 is 5.14. The van der Waals surface area contributed by atoms with Gasteiger partial charge in [-0.1, -0.05) is 0 Å². The molecule has 11 heteroatoms. The van der Waals surface area contributed by atoms with Crippen molar-refractivity contribution in [3.05, 3.63) is 51.0 Å². The highest BCUT2D eigenvalue weighted by atomic mass is 32.1. The third kappa shape index (κ3) is 3.74. The van der Waals surface area contributed by atoms with Gasteiger partial charge in [-0.15, -0.1) is 0 Å². The van der Waals surface area contributed by atoms with Crippen LogP contribution in [0.4, 0.5) is 22.0 Å². The van der Waals surface area contributed by atoms with Crippen LogP contribution in [-0.2, 0) is 6.18 Å². The highest BCUT2D eigenvalue weighted by Gasteiger charge is 2.37. The average molecular weight is 429 g/mol. The number of alkyl halides is 5. The first-order valence-electron chi connectivity index (χ1n) is 8.47. The predicted octanol–water partition coefficient (Wildman–Crippen LogP) is 5.08. The summed E-state index contributed by atoms with van der Waals surface area (Å²) in [5.74, 6) is -0.141. The number of halogens is 5. The van der Waals surface area contributed by atoms with Gasteiger partial charge >= 0.3 is 12.8 Å².